The van der Waals surface area contributed by atoms with Gasteiger partial charge in [-0.25, -0.2) is 4.98 Å². The molecule has 27 heavy (non-hydrogen) atoms. The number of carbonyl (C=O) groups excluding carboxylic acids is 2. The van der Waals surface area contributed by atoms with Crippen LogP contribution in [0.15, 0.2) is 12.3 Å². The van der Waals surface area contributed by atoms with Gasteiger partial charge in [-0.15, -0.1) is 0 Å². The Morgan fingerprint density at radius 2 is 2.07 bits per heavy atom. The molecule has 7 heteroatoms. The second-order valence-electron chi connectivity index (χ2n) is 8.17. The van der Waals surface area contributed by atoms with Crippen molar-refractivity contribution in [3.8, 4) is 0 Å². The molecular weight excluding hydrogens is 344 g/mol. The number of piperidine rings is 1. The Morgan fingerprint density at radius 3 is 2.78 bits per heavy atom. The number of aryl methyl sites for hydroxylation is 1. The molecule has 7 nitrogen and oxygen atoms in total. The van der Waals surface area contributed by atoms with E-state index >= 15 is 0 Å². The first kappa shape index (κ1) is 19.6. The molecule has 1 aromatic heterocycles. The Bertz CT molecular complexity index is 708. The molecule has 3 rings (SSSR count). The summed E-state index contributed by atoms with van der Waals surface area (Å²) in [7, 11) is 0. The third kappa shape index (κ3) is 4.58. The molecule has 0 radical (unpaired) electrons. The van der Waals surface area contributed by atoms with Crippen molar-refractivity contribution in [2.45, 2.75) is 64.5 Å². The number of carbonyl (C=O) groups is 2. The monoisotopic (exact) mass is 374 g/mol. The number of anilines is 2. The number of nitrogen functional groups attached to an aromatic ring is 1. The topological polar surface area (TPSA) is 109 Å². The molecule has 0 bridgehead atoms. The normalized spacial score (nSPS) is 28.6. The van der Waals surface area contributed by atoms with Crippen LogP contribution in [0.25, 0.3) is 0 Å². The number of amides is 2. The molecule has 1 aliphatic carbocycles. The van der Waals surface area contributed by atoms with E-state index in [0.717, 1.165) is 37.7 Å². The highest BCUT2D eigenvalue weighted by molar-refractivity contribution is 6.39. The number of aliphatic hydroxyl groups is 1. The van der Waals surface area contributed by atoms with Crippen LogP contribution in [0.3, 0.4) is 0 Å². The van der Waals surface area contributed by atoms with Gasteiger partial charge in [-0.3, -0.25) is 9.59 Å². The van der Waals surface area contributed by atoms with E-state index in [4.69, 9.17) is 5.73 Å². The largest absolute Gasteiger partial charge is 0.393 e. The molecule has 0 unspecified atom stereocenters. The van der Waals surface area contributed by atoms with Crippen LogP contribution in [0.2, 0.25) is 0 Å². The number of aliphatic hydroxyl groups excluding tert-OH is 1. The average molecular weight is 374 g/mol. The molecule has 2 heterocycles. The lowest BCUT2D eigenvalue weighted by molar-refractivity contribution is -0.148. The summed E-state index contributed by atoms with van der Waals surface area (Å²) in [4.78, 5) is 31.3. The van der Waals surface area contributed by atoms with Gasteiger partial charge < -0.3 is 21.1 Å². The summed E-state index contributed by atoms with van der Waals surface area (Å²) in [5.74, 6) is -0.108. The summed E-state index contributed by atoms with van der Waals surface area (Å²) in [6.45, 7) is 4.50. The Hall–Kier alpha value is -2.15. The molecule has 0 spiro atoms. The molecule has 0 aromatic carbocycles. The minimum Gasteiger partial charge on any atom is -0.393 e. The van der Waals surface area contributed by atoms with E-state index in [1.54, 1.807) is 17.9 Å². The minimum atomic E-state index is -0.642. The van der Waals surface area contributed by atoms with Gasteiger partial charge in [0.1, 0.15) is 5.82 Å². The molecule has 4 atom stereocenters. The smallest absolute Gasteiger partial charge is 0.313 e. The third-order valence-electron chi connectivity index (χ3n) is 5.93. The fourth-order valence-corrected chi connectivity index (χ4v) is 4.42. The molecule has 1 saturated heterocycles. The van der Waals surface area contributed by atoms with Gasteiger partial charge in [0.25, 0.3) is 0 Å². The quantitative estimate of drug-likeness (QED) is 0.687. The van der Waals surface area contributed by atoms with Crippen LogP contribution < -0.4 is 11.1 Å². The van der Waals surface area contributed by atoms with Crippen LogP contribution in [0, 0.1) is 18.8 Å². The highest BCUT2D eigenvalue weighted by Crippen LogP contribution is 2.35. The van der Waals surface area contributed by atoms with Crippen LogP contribution in [0.1, 0.15) is 51.0 Å². The van der Waals surface area contributed by atoms with Crippen molar-refractivity contribution in [3.05, 3.63) is 17.8 Å². The summed E-state index contributed by atoms with van der Waals surface area (Å²) in [5.41, 5.74) is 6.92. The van der Waals surface area contributed by atoms with Gasteiger partial charge in [0.05, 0.1) is 18.0 Å². The van der Waals surface area contributed by atoms with Gasteiger partial charge in [0.2, 0.25) is 0 Å². The zero-order chi connectivity index (χ0) is 19.6. The zero-order valence-corrected chi connectivity index (χ0v) is 16.1. The van der Waals surface area contributed by atoms with Crippen molar-refractivity contribution in [3.63, 3.8) is 0 Å². The first-order valence-electron chi connectivity index (χ1n) is 9.87. The fourth-order valence-electron chi connectivity index (χ4n) is 4.42. The predicted octanol–water partition coefficient (Wildman–Crippen LogP) is 2.09. The van der Waals surface area contributed by atoms with Crippen molar-refractivity contribution >= 4 is 23.3 Å². The fraction of sp³-hybridized carbons (Fsp3) is 0.650. The van der Waals surface area contributed by atoms with Crippen molar-refractivity contribution in [2.24, 2.45) is 11.8 Å². The first-order valence-corrected chi connectivity index (χ1v) is 9.87. The average Bonchev–Trinajstić information content (AvgIpc) is 2.64. The number of hydrogen-bond acceptors (Lipinski definition) is 5. The van der Waals surface area contributed by atoms with E-state index in [1.165, 1.54) is 6.20 Å². The van der Waals surface area contributed by atoms with E-state index in [-0.39, 0.29) is 18.1 Å². The number of hydrogen-bond donors (Lipinski definition) is 3. The van der Waals surface area contributed by atoms with Crippen molar-refractivity contribution < 1.29 is 14.7 Å². The predicted molar refractivity (Wildman–Crippen MR) is 104 cm³/mol. The molecule has 4 N–H and O–H groups in total. The summed E-state index contributed by atoms with van der Waals surface area (Å²) in [5, 5.41) is 12.7. The van der Waals surface area contributed by atoms with Crippen LogP contribution >= 0.6 is 0 Å². The van der Waals surface area contributed by atoms with Crippen LogP contribution in [-0.2, 0) is 9.59 Å². The highest BCUT2D eigenvalue weighted by atomic mass is 16.3. The van der Waals surface area contributed by atoms with Crippen molar-refractivity contribution in [2.75, 3.05) is 17.6 Å². The number of likely N-dealkylation sites (tertiary alicyclic amines) is 1. The summed E-state index contributed by atoms with van der Waals surface area (Å²) < 4.78 is 0. The van der Waals surface area contributed by atoms with Gasteiger partial charge >= 0.3 is 11.8 Å². The van der Waals surface area contributed by atoms with Gasteiger partial charge in [-0.1, -0.05) is 13.3 Å². The molecule has 2 amide bonds. The van der Waals surface area contributed by atoms with E-state index in [9.17, 15) is 14.7 Å². The Labute approximate surface area is 160 Å². The SMILES string of the molecule is Cc1cc(NC(=O)C(=O)N2C[C@H](C)CC[C@H]2[C@H]2CCC[C@H](O)C2)cnc1N. The molecule has 1 aliphatic heterocycles. The second-order valence-corrected chi connectivity index (χ2v) is 8.17. The van der Waals surface area contributed by atoms with Crippen LogP contribution in [-0.4, -0.2) is 45.5 Å². The third-order valence-corrected chi connectivity index (χ3v) is 5.93. The Kier molecular flexibility index (Phi) is 5.99. The summed E-state index contributed by atoms with van der Waals surface area (Å²) in [6.07, 6.45) is 6.62. The van der Waals surface area contributed by atoms with Gasteiger partial charge in [0, 0.05) is 12.6 Å². The van der Waals surface area contributed by atoms with Crippen molar-refractivity contribution in [1.29, 1.82) is 0 Å². The first-order chi connectivity index (χ1) is 12.8. The zero-order valence-electron chi connectivity index (χ0n) is 16.1. The number of rotatable bonds is 2. The van der Waals surface area contributed by atoms with Gasteiger partial charge in [0.15, 0.2) is 0 Å². The number of pyridine rings is 1. The number of nitrogens with zero attached hydrogens (tertiary/aromatic N) is 2. The lowest BCUT2D eigenvalue weighted by atomic mass is 9.77. The molecule has 2 aliphatic rings. The van der Waals surface area contributed by atoms with E-state index in [0.29, 0.717) is 30.4 Å². The maximum absolute atomic E-state index is 12.9. The van der Waals surface area contributed by atoms with Gasteiger partial charge in [-0.05, 0) is 62.5 Å². The van der Waals surface area contributed by atoms with E-state index in [2.05, 4.69) is 17.2 Å². The lowest BCUT2D eigenvalue weighted by Gasteiger charge is -2.44. The summed E-state index contributed by atoms with van der Waals surface area (Å²) in [6, 6.07) is 1.74. The Balaban J connectivity index is 1.72. The lowest BCUT2D eigenvalue weighted by Crippen LogP contribution is -2.53. The Morgan fingerprint density at radius 1 is 1.30 bits per heavy atom. The number of nitrogens with two attached hydrogens (primary N) is 1. The highest BCUT2D eigenvalue weighted by Gasteiger charge is 2.39. The standard InChI is InChI=1S/C20H30N4O3/c1-12-6-7-17(14-4-3-5-16(25)9-14)24(11-12)20(27)19(26)23-15-8-13(2)18(21)22-10-15/h8,10,12,14,16-17,25H,3-7,9,11H2,1-2H3,(H2,21,22)(H,23,26)/t12-,14+,16+,17+/m1/s1. The molecular formula is C20H30N4O3. The second kappa shape index (κ2) is 8.25. The van der Waals surface area contributed by atoms with Crippen LogP contribution in [0.4, 0.5) is 11.5 Å². The van der Waals surface area contributed by atoms with Crippen LogP contribution in [0.5, 0.6) is 0 Å². The minimum absolute atomic E-state index is 0.0284. The van der Waals surface area contributed by atoms with E-state index < -0.39 is 11.8 Å². The maximum atomic E-state index is 12.9. The maximum Gasteiger partial charge on any atom is 0.313 e. The van der Waals surface area contributed by atoms with E-state index in [1.807, 2.05) is 0 Å². The molecule has 2 fully saturated rings. The molecule has 1 saturated carbocycles. The summed E-state index contributed by atoms with van der Waals surface area (Å²) >= 11 is 0. The molecule has 1 aromatic rings. The van der Waals surface area contributed by atoms with Gasteiger partial charge in [-0.2, -0.15) is 0 Å². The number of aromatic nitrogens is 1. The number of nitrogens with one attached hydrogen (secondary N) is 1. The van der Waals surface area contributed by atoms with Crippen molar-refractivity contribution in [1.82, 2.24) is 9.88 Å². The molecule has 148 valence electrons.